The standard InChI is InChI=1S/C14H11F2N3/c1-8-4-5-19-12(6-8)18-13(14(19)17)10-3-2-9(15)7-11(10)16/h2-7H,17H2,1H3. The summed E-state index contributed by atoms with van der Waals surface area (Å²) in [6, 6.07) is 7.09. The Bertz CT molecular complexity index is 778. The van der Waals surface area contributed by atoms with Gasteiger partial charge in [-0.1, -0.05) is 0 Å². The summed E-state index contributed by atoms with van der Waals surface area (Å²) in [6.45, 7) is 1.93. The second kappa shape index (κ2) is 4.05. The largest absolute Gasteiger partial charge is 0.383 e. The predicted molar refractivity (Wildman–Crippen MR) is 69.7 cm³/mol. The Balaban J connectivity index is 2.27. The van der Waals surface area contributed by atoms with E-state index in [4.69, 9.17) is 5.73 Å². The zero-order valence-corrected chi connectivity index (χ0v) is 10.2. The van der Waals surface area contributed by atoms with Crippen LogP contribution in [0.4, 0.5) is 14.6 Å². The van der Waals surface area contributed by atoms with E-state index in [1.54, 1.807) is 10.6 Å². The minimum atomic E-state index is -0.674. The maximum atomic E-state index is 13.8. The number of nitrogen functional groups attached to an aromatic ring is 1. The fourth-order valence-electron chi connectivity index (χ4n) is 2.05. The first kappa shape index (κ1) is 11.6. The molecule has 0 aliphatic heterocycles. The number of hydrogen-bond donors (Lipinski definition) is 1. The second-order valence-electron chi connectivity index (χ2n) is 4.40. The van der Waals surface area contributed by atoms with Crippen molar-refractivity contribution in [3.05, 3.63) is 53.7 Å². The first-order chi connectivity index (χ1) is 9.06. The third-order valence-electron chi connectivity index (χ3n) is 3.00. The topological polar surface area (TPSA) is 43.3 Å². The molecule has 0 bridgehead atoms. The maximum absolute atomic E-state index is 13.8. The summed E-state index contributed by atoms with van der Waals surface area (Å²) < 4.78 is 28.4. The minimum absolute atomic E-state index is 0.195. The number of rotatable bonds is 1. The highest BCUT2D eigenvalue weighted by molar-refractivity contribution is 5.75. The molecule has 0 saturated carbocycles. The van der Waals surface area contributed by atoms with Gasteiger partial charge in [0.1, 0.15) is 28.8 Å². The number of imidazole rings is 1. The summed E-state index contributed by atoms with van der Waals surface area (Å²) >= 11 is 0. The smallest absolute Gasteiger partial charge is 0.139 e. The van der Waals surface area contributed by atoms with Gasteiger partial charge in [0.25, 0.3) is 0 Å². The Kier molecular flexibility index (Phi) is 2.48. The number of nitrogens with two attached hydrogens (primary N) is 1. The molecule has 5 heteroatoms. The number of pyridine rings is 1. The maximum Gasteiger partial charge on any atom is 0.139 e. The van der Waals surface area contributed by atoms with E-state index in [-0.39, 0.29) is 5.56 Å². The molecule has 19 heavy (non-hydrogen) atoms. The molecule has 0 atom stereocenters. The summed E-state index contributed by atoms with van der Waals surface area (Å²) in [5.74, 6) is -0.966. The quantitative estimate of drug-likeness (QED) is 0.729. The van der Waals surface area contributed by atoms with Gasteiger partial charge < -0.3 is 5.73 Å². The number of aromatic nitrogens is 2. The number of benzene rings is 1. The number of halogens is 2. The van der Waals surface area contributed by atoms with Gasteiger partial charge in [-0.05, 0) is 36.8 Å². The molecule has 0 radical (unpaired) electrons. The number of anilines is 1. The van der Waals surface area contributed by atoms with Crippen molar-refractivity contribution in [2.45, 2.75) is 6.92 Å². The molecule has 0 saturated heterocycles. The van der Waals surface area contributed by atoms with E-state index in [0.717, 1.165) is 11.6 Å². The van der Waals surface area contributed by atoms with Crippen molar-refractivity contribution in [3.8, 4) is 11.3 Å². The Hall–Kier alpha value is -2.43. The molecule has 0 amide bonds. The molecular formula is C14H11F2N3. The van der Waals surface area contributed by atoms with E-state index >= 15 is 0 Å². The van der Waals surface area contributed by atoms with Gasteiger partial charge in [-0.15, -0.1) is 0 Å². The molecule has 0 fully saturated rings. The highest BCUT2D eigenvalue weighted by Gasteiger charge is 2.15. The summed E-state index contributed by atoms with van der Waals surface area (Å²) in [7, 11) is 0. The van der Waals surface area contributed by atoms with Gasteiger partial charge in [-0.3, -0.25) is 4.40 Å². The summed E-state index contributed by atoms with van der Waals surface area (Å²) in [5.41, 5.74) is 8.15. The van der Waals surface area contributed by atoms with E-state index in [0.29, 0.717) is 17.2 Å². The molecule has 1 aromatic carbocycles. The van der Waals surface area contributed by atoms with E-state index in [2.05, 4.69) is 4.98 Å². The van der Waals surface area contributed by atoms with Crippen molar-refractivity contribution in [1.29, 1.82) is 0 Å². The minimum Gasteiger partial charge on any atom is -0.383 e. The molecule has 0 aliphatic rings. The van der Waals surface area contributed by atoms with Crippen LogP contribution >= 0.6 is 0 Å². The van der Waals surface area contributed by atoms with Gasteiger partial charge in [0.05, 0.1) is 0 Å². The third-order valence-corrected chi connectivity index (χ3v) is 3.00. The molecule has 0 spiro atoms. The Morgan fingerprint density at radius 3 is 2.68 bits per heavy atom. The Morgan fingerprint density at radius 2 is 1.95 bits per heavy atom. The Labute approximate surface area is 108 Å². The summed E-state index contributed by atoms with van der Waals surface area (Å²) in [6.07, 6.45) is 1.78. The van der Waals surface area contributed by atoms with Crippen molar-refractivity contribution in [2.75, 3.05) is 5.73 Å². The fraction of sp³-hybridized carbons (Fsp3) is 0.0714. The lowest BCUT2D eigenvalue weighted by molar-refractivity contribution is 0.585. The molecule has 0 unspecified atom stereocenters. The van der Waals surface area contributed by atoms with Crippen molar-refractivity contribution >= 4 is 11.5 Å². The van der Waals surface area contributed by atoms with Crippen molar-refractivity contribution < 1.29 is 8.78 Å². The van der Waals surface area contributed by atoms with Crippen molar-refractivity contribution in [2.24, 2.45) is 0 Å². The van der Waals surface area contributed by atoms with Gasteiger partial charge >= 0.3 is 0 Å². The molecule has 3 nitrogen and oxygen atoms in total. The van der Waals surface area contributed by atoms with E-state index in [1.165, 1.54) is 12.1 Å². The first-order valence-corrected chi connectivity index (χ1v) is 5.76. The van der Waals surface area contributed by atoms with E-state index in [1.807, 2.05) is 19.1 Å². The van der Waals surface area contributed by atoms with Crippen LogP contribution in [-0.4, -0.2) is 9.38 Å². The third kappa shape index (κ3) is 1.83. The van der Waals surface area contributed by atoms with Gasteiger partial charge in [0.2, 0.25) is 0 Å². The predicted octanol–water partition coefficient (Wildman–Crippen LogP) is 3.17. The molecule has 2 heterocycles. The van der Waals surface area contributed by atoms with Gasteiger partial charge in [0.15, 0.2) is 0 Å². The van der Waals surface area contributed by atoms with Crippen LogP contribution in [0.2, 0.25) is 0 Å². The highest BCUT2D eigenvalue weighted by Crippen LogP contribution is 2.29. The molecule has 0 aliphatic carbocycles. The lowest BCUT2D eigenvalue weighted by Crippen LogP contribution is -1.95. The number of hydrogen-bond acceptors (Lipinski definition) is 2. The summed E-state index contributed by atoms with van der Waals surface area (Å²) in [4.78, 5) is 4.31. The lowest BCUT2D eigenvalue weighted by Gasteiger charge is -2.01. The zero-order valence-electron chi connectivity index (χ0n) is 10.2. The first-order valence-electron chi connectivity index (χ1n) is 5.76. The van der Waals surface area contributed by atoms with Crippen LogP contribution in [0.5, 0.6) is 0 Å². The lowest BCUT2D eigenvalue weighted by atomic mass is 10.1. The van der Waals surface area contributed by atoms with Crippen LogP contribution in [0.15, 0.2) is 36.5 Å². The van der Waals surface area contributed by atoms with E-state index in [9.17, 15) is 8.78 Å². The normalized spacial score (nSPS) is 11.1. The number of nitrogens with zero attached hydrogens (tertiary/aromatic N) is 2. The highest BCUT2D eigenvalue weighted by atomic mass is 19.1. The molecule has 2 N–H and O–H groups in total. The molecule has 3 aromatic rings. The van der Waals surface area contributed by atoms with Crippen LogP contribution in [0.3, 0.4) is 0 Å². The van der Waals surface area contributed by atoms with Crippen LogP contribution in [0.1, 0.15) is 5.56 Å². The molecule has 2 aromatic heterocycles. The van der Waals surface area contributed by atoms with Crippen LogP contribution in [-0.2, 0) is 0 Å². The van der Waals surface area contributed by atoms with Gasteiger partial charge in [-0.25, -0.2) is 13.8 Å². The number of aryl methyl sites for hydroxylation is 1. The van der Waals surface area contributed by atoms with Crippen molar-refractivity contribution in [1.82, 2.24) is 9.38 Å². The van der Waals surface area contributed by atoms with Crippen LogP contribution in [0.25, 0.3) is 16.9 Å². The van der Waals surface area contributed by atoms with Crippen LogP contribution in [0, 0.1) is 18.6 Å². The average molecular weight is 259 g/mol. The van der Waals surface area contributed by atoms with Gasteiger partial charge in [-0.2, -0.15) is 0 Å². The van der Waals surface area contributed by atoms with Crippen molar-refractivity contribution in [3.63, 3.8) is 0 Å². The van der Waals surface area contributed by atoms with Crippen LogP contribution < -0.4 is 5.73 Å². The number of fused-ring (bicyclic) bond motifs is 1. The molecule has 96 valence electrons. The zero-order chi connectivity index (χ0) is 13.6. The summed E-state index contributed by atoms with van der Waals surface area (Å²) in [5, 5.41) is 0. The fourth-order valence-corrected chi connectivity index (χ4v) is 2.05. The Morgan fingerprint density at radius 1 is 1.16 bits per heavy atom. The van der Waals surface area contributed by atoms with E-state index < -0.39 is 11.6 Å². The average Bonchev–Trinajstić information content (AvgIpc) is 2.66. The van der Waals surface area contributed by atoms with Gasteiger partial charge in [0, 0.05) is 17.8 Å². The monoisotopic (exact) mass is 259 g/mol. The molecule has 3 rings (SSSR count). The second-order valence-corrected chi connectivity index (χ2v) is 4.40. The SMILES string of the molecule is Cc1ccn2c(N)c(-c3ccc(F)cc3F)nc2c1. The molecular weight excluding hydrogens is 248 g/mol.